The number of likely N-dealkylation sites (N-methyl/N-ethyl adjacent to an activating group) is 1. The van der Waals surface area contributed by atoms with Gasteiger partial charge in [0.15, 0.2) is 0 Å². The van der Waals surface area contributed by atoms with Gasteiger partial charge in [0, 0.05) is 24.7 Å². The monoisotopic (exact) mass is 295 g/mol. The standard InChI is InChI=1S/C18H37N3/c1-6-9-19-17-12-14(2)11-15(3)18(17)21-10-7-8-16(13-21)20(4)5/h14-19H,6-13H2,1-5H3. The Balaban J connectivity index is 2.05. The number of piperidine rings is 1. The van der Waals surface area contributed by atoms with Gasteiger partial charge in [-0.1, -0.05) is 20.8 Å². The summed E-state index contributed by atoms with van der Waals surface area (Å²) in [7, 11) is 4.49. The van der Waals surface area contributed by atoms with E-state index >= 15 is 0 Å². The Hall–Kier alpha value is -0.120. The SMILES string of the molecule is CCCNC1CC(C)CC(C)C1N1CCCC(N(C)C)C1. The van der Waals surface area contributed by atoms with Crippen LogP contribution in [-0.4, -0.2) is 61.7 Å². The molecule has 1 heterocycles. The van der Waals surface area contributed by atoms with Crippen molar-refractivity contribution >= 4 is 0 Å². The second kappa shape index (κ2) is 7.94. The zero-order chi connectivity index (χ0) is 15.4. The van der Waals surface area contributed by atoms with Crippen LogP contribution < -0.4 is 5.32 Å². The van der Waals surface area contributed by atoms with E-state index in [9.17, 15) is 0 Å². The van der Waals surface area contributed by atoms with E-state index in [2.05, 4.69) is 50.0 Å². The Kier molecular flexibility index (Phi) is 6.51. The second-order valence-corrected chi connectivity index (χ2v) is 7.86. The van der Waals surface area contributed by atoms with Crippen molar-refractivity contribution in [1.82, 2.24) is 15.1 Å². The van der Waals surface area contributed by atoms with E-state index in [0.29, 0.717) is 6.04 Å². The summed E-state index contributed by atoms with van der Waals surface area (Å²) in [5, 5.41) is 3.87. The maximum absolute atomic E-state index is 3.87. The van der Waals surface area contributed by atoms with Crippen LogP contribution >= 0.6 is 0 Å². The number of nitrogens with one attached hydrogen (secondary N) is 1. The van der Waals surface area contributed by atoms with E-state index in [4.69, 9.17) is 0 Å². The Morgan fingerprint density at radius 1 is 1.19 bits per heavy atom. The lowest BCUT2D eigenvalue weighted by molar-refractivity contribution is 0.0228. The fourth-order valence-corrected chi connectivity index (χ4v) is 4.66. The highest BCUT2D eigenvalue weighted by Crippen LogP contribution is 2.34. The minimum atomic E-state index is 0.699. The first kappa shape index (κ1) is 17.2. The molecular weight excluding hydrogens is 258 g/mol. The van der Waals surface area contributed by atoms with Gasteiger partial charge in [-0.25, -0.2) is 0 Å². The van der Waals surface area contributed by atoms with Crippen LogP contribution in [0.15, 0.2) is 0 Å². The predicted molar refractivity (Wildman–Crippen MR) is 91.7 cm³/mol. The molecule has 0 aromatic carbocycles. The minimum absolute atomic E-state index is 0.699. The zero-order valence-corrected chi connectivity index (χ0v) is 14.9. The van der Waals surface area contributed by atoms with Gasteiger partial charge in [-0.15, -0.1) is 0 Å². The fraction of sp³-hybridized carbons (Fsp3) is 1.00. The molecule has 124 valence electrons. The van der Waals surface area contributed by atoms with Crippen LogP contribution in [0.2, 0.25) is 0 Å². The molecule has 2 rings (SSSR count). The summed E-state index contributed by atoms with van der Waals surface area (Å²) in [5.41, 5.74) is 0. The number of likely N-dealkylation sites (tertiary alicyclic amines) is 1. The molecule has 2 fully saturated rings. The average molecular weight is 296 g/mol. The van der Waals surface area contributed by atoms with Crippen LogP contribution in [0, 0.1) is 11.8 Å². The predicted octanol–water partition coefficient (Wildman–Crippen LogP) is 2.82. The molecule has 1 saturated heterocycles. The van der Waals surface area contributed by atoms with E-state index in [0.717, 1.165) is 23.9 Å². The molecule has 1 aliphatic carbocycles. The van der Waals surface area contributed by atoms with Gasteiger partial charge in [0.05, 0.1) is 0 Å². The molecule has 0 bridgehead atoms. The Labute approximate surface area is 132 Å². The third kappa shape index (κ3) is 4.43. The molecule has 1 aliphatic heterocycles. The Morgan fingerprint density at radius 3 is 2.62 bits per heavy atom. The third-order valence-electron chi connectivity index (χ3n) is 5.66. The van der Waals surface area contributed by atoms with Crippen LogP contribution in [0.5, 0.6) is 0 Å². The summed E-state index contributed by atoms with van der Waals surface area (Å²) >= 11 is 0. The van der Waals surface area contributed by atoms with Gasteiger partial charge in [0.2, 0.25) is 0 Å². The van der Waals surface area contributed by atoms with Crippen molar-refractivity contribution < 1.29 is 0 Å². The van der Waals surface area contributed by atoms with E-state index in [1.165, 1.54) is 51.7 Å². The summed E-state index contributed by atoms with van der Waals surface area (Å²) in [4.78, 5) is 5.24. The van der Waals surface area contributed by atoms with Crippen LogP contribution in [0.1, 0.15) is 52.9 Å². The molecule has 5 unspecified atom stereocenters. The highest BCUT2D eigenvalue weighted by molar-refractivity contribution is 4.96. The van der Waals surface area contributed by atoms with Crippen molar-refractivity contribution in [2.45, 2.75) is 71.0 Å². The topological polar surface area (TPSA) is 18.5 Å². The fourth-order valence-electron chi connectivity index (χ4n) is 4.66. The van der Waals surface area contributed by atoms with Gasteiger partial charge in [0.1, 0.15) is 0 Å². The average Bonchev–Trinajstić information content (AvgIpc) is 2.44. The van der Waals surface area contributed by atoms with Gasteiger partial charge in [-0.05, 0) is 71.1 Å². The molecule has 3 heteroatoms. The highest BCUT2D eigenvalue weighted by atomic mass is 15.2. The number of hydrogen-bond donors (Lipinski definition) is 1. The first-order valence-electron chi connectivity index (χ1n) is 9.16. The maximum Gasteiger partial charge on any atom is 0.0275 e. The molecule has 21 heavy (non-hydrogen) atoms. The summed E-state index contributed by atoms with van der Waals surface area (Å²) in [6.07, 6.45) is 6.73. The molecule has 2 aliphatic rings. The second-order valence-electron chi connectivity index (χ2n) is 7.86. The molecule has 5 atom stereocenters. The van der Waals surface area contributed by atoms with Crippen molar-refractivity contribution in [3.8, 4) is 0 Å². The highest BCUT2D eigenvalue weighted by Gasteiger charge is 2.39. The van der Waals surface area contributed by atoms with E-state index in [-0.39, 0.29) is 0 Å². The quantitative estimate of drug-likeness (QED) is 0.841. The summed E-state index contributed by atoms with van der Waals surface area (Å²) in [6.45, 7) is 10.9. The molecule has 0 aromatic rings. The zero-order valence-electron chi connectivity index (χ0n) is 14.9. The van der Waals surface area contributed by atoms with Gasteiger partial charge in [0.25, 0.3) is 0 Å². The molecule has 1 N–H and O–H groups in total. The first-order valence-corrected chi connectivity index (χ1v) is 9.16. The summed E-state index contributed by atoms with van der Waals surface area (Å²) in [6, 6.07) is 2.19. The van der Waals surface area contributed by atoms with Crippen molar-refractivity contribution in [3.05, 3.63) is 0 Å². The van der Waals surface area contributed by atoms with Crippen LogP contribution in [-0.2, 0) is 0 Å². The van der Waals surface area contributed by atoms with Crippen molar-refractivity contribution in [1.29, 1.82) is 0 Å². The summed E-state index contributed by atoms with van der Waals surface area (Å²) < 4.78 is 0. The van der Waals surface area contributed by atoms with E-state index in [1.54, 1.807) is 0 Å². The minimum Gasteiger partial charge on any atom is -0.312 e. The largest absolute Gasteiger partial charge is 0.312 e. The molecule has 0 amide bonds. The maximum atomic E-state index is 3.87. The van der Waals surface area contributed by atoms with Crippen molar-refractivity contribution in [2.24, 2.45) is 11.8 Å². The van der Waals surface area contributed by atoms with E-state index < -0.39 is 0 Å². The molecule has 3 nitrogen and oxygen atoms in total. The number of nitrogens with zero attached hydrogens (tertiary/aromatic N) is 2. The van der Waals surface area contributed by atoms with Crippen molar-refractivity contribution in [2.75, 3.05) is 33.7 Å². The summed E-state index contributed by atoms with van der Waals surface area (Å²) in [5.74, 6) is 1.70. The van der Waals surface area contributed by atoms with Gasteiger partial charge in [-0.3, -0.25) is 4.90 Å². The van der Waals surface area contributed by atoms with Crippen molar-refractivity contribution in [3.63, 3.8) is 0 Å². The lowest BCUT2D eigenvalue weighted by Crippen LogP contribution is -2.60. The third-order valence-corrected chi connectivity index (χ3v) is 5.66. The molecule has 1 saturated carbocycles. The smallest absolute Gasteiger partial charge is 0.0275 e. The Morgan fingerprint density at radius 2 is 1.95 bits per heavy atom. The normalized spacial score (nSPS) is 38.9. The van der Waals surface area contributed by atoms with Gasteiger partial charge >= 0.3 is 0 Å². The molecule has 0 radical (unpaired) electrons. The molecule has 0 spiro atoms. The molecule has 0 aromatic heterocycles. The van der Waals surface area contributed by atoms with Gasteiger partial charge < -0.3 is 10.2 Å². The number of rotatable bonds is 5. The van der Waals surface area contributed by atoms with Crippen LogP contribution in [0.25, 0.3) is 0 Å². The van der Waals surface area contributed by atoms with Crippen LogP contribution in [0.4, 0.5) is 0 Å². The number of hydrogen-bond acceptors (Lipinski definition) is 3. The van der Waals surface area contributed by atoms with E-state index in [1.807, 2.05) is 0 Å². The lowest BCUT2D eigenvalue weighted by Gasteiger charge is -2.49. The Bertz CT molecular complexity index is 305. The first-order chi connectivity index (χ1) is 10.0. The lowest BCUT2D eigenvalue weighted by atomic mass is 9.75. The molecular formula is C18H37N3. The van der Waals surface area contributed by atoms with Gasteiger partial charge in [-0.2, -0.15) is 0 Å². The van der Waals surface area contributed by atoms with Crippen LogP contribution in [0.3, 0.4) is 0 Å².